The van der Waals surface area contributed by atoms with E-state index in [1.54, 1.807) is 6.07 Å². The number of halogens is 4. The first-order valence-corrected chi connectivity index (χ1v) is 8.44. The smallest absolute Gasteiger partial charge is 0.390 e. The molecule has 0 saturated heterocycles. The Morgan fingerprint density at radius 3 is 2.72 bits per heavy atom. The molecule has 2 N–H and O–H groups in total. The molecular weight excluding hydrogens is 359 g/mol. The zero-order valence-electron chi connectivity index (χ0n) is 13.9. The number of hydrogen-bond acceptors (Lipinski definition) is 3. The second kappa shape index (κ2) is 9.03. The maximum atomic E-state index is 12.2. The van der Waals surface area contributed by atoms with Crippen molar-refractivity contribution in [3.8, 4) is 11.5 Å². The van der Waals surface area contributed by atoms with Crippen LogP contribution >= 0.6 is 11.6 Å². The maximum absolute atomic E-state index is 12.2. The molecule has 0 radical (unpaired) electrons. The summed E-state index contributed by atoms with van der Waals surface area (Å²) in [5.74, 6) is 1.52. The summed E-state index contributed by atoms with van der Waals surface area (Å²) in [6, 6.07) is 3.65. The molecule has 0 aliphatic carbocycles. The van der Waals surface area contributed by atoms with Crippen molar-refractivity contribution in [2.75, 3.05) is 32.8 Å². The molecule has 0 amide bonds. The standard InChI is InChI=1S/C16H21ClF3N3O2/c1-2-21-15(23-6-4-16(18,19)20)22-5-3-11-9-12(17)14-13(10-11)24-7-8-25-14/h9-10H,2-8H2,1H3,(H2,21,22,23). The average molecular weight is 380 g/mol. The van der Waals surface area contributed by atoms with Gasteiger partial charge in [0.25, 0.3) is 0 Å². The Labute approximate surface area is 149 Å². The van der Waals surface area contributed by atoms with E-state index in [-0.39, 0.29) is 6.54 Å². The fourth-order valence-electron chi connectivity index (χ4n) is 2.27. The molecular formula is C16H21ClF3N3O2. The molecule has 2 rings (SSSR count). The third-order valence-electron chi connectivity index (χ3n) is 3.37. The predicted molar refractivity (Wildman–Crippen MR) is 90.8 cm³/mol. The molecule has 0 aromatic heterocycles. The van der Waals surface area contributed by atoms with E-state index in [9.17, 15) is 13.2 Å². The number of rotatable bonds is 6. The monoisotopic (exact) mass is 379 g/mol. The third kappa shape index (κ3) is 6.53. The highest BCUT2D eigenvalue weighted by Gasteiger charge is 2.26. The minimum Gasteiger partial charge on any atom is -0.486 e. The third-order valence-corrected chi connectivity index (χ3v) is 3.65. The second-order valence-corrected chi connectivity index (χ2v) is 5.81. The second-order valence-electron chi connectivity index (χ2n) is 5.40. The lowest BCUT2D eigenvalue weighted by molar-refractivity contribution is -0.132. The molecule has 0 atom stereocenters. The van der Waals surface area contributed by atoms with Gasteiger partial charge in [0.15, 0.2) is 17.5 Å². The van der Waals surface area contributed by atoms with E-state index in [1.807, 2.05) is 13.0 Å². The van der Waals surface area contributed by atoms with Crippen molar-refractivity contribution in [2.45, 2.75) is 25.9 Å². The number of hydrogen-bond donors (Lipinski definition) is 2. The summed E-state index contributed by atoms with van der Waals surface area (Å²) < 4.78 is 47.6. The van der Waals surface area contributed by atoms with Crippen molar-refractivity contribution in [3.63, 3.8) is 0 Å². The number of nitrogens with zero attached hydrogens (tertiary/aromatic N) is 1. The number of benzene rings is 1. The molecule has 5 nitrogen and oxygen atoms in total. The van der Waals surface area contributed by atoms with E-state index in [1.165, 1.54) is 0 Å². The molecule has 140 valence electrons. The molecule has 1 aliphatic rings. The number of fused-ring (bicyclic) bond motifs is 1. The van der Waals surface area contributed by atoms with Gasteiger partial charge in [-0.1, -0.05) is 11.6 Å². The number of ether oxygens (including phenoxy) is 2. The fourth-order valence-corrected chi connectivity index (χ4v) is 2.56. The van der Waals surface area contributed by atoms with Crippen LogP contribution in [0, 0.1) is 0 Å². The van der Waals surface area contributed by atoms with Gasteiger partial charge in [-0.15, -0.1) is 0 Å². The van der Waals surface area contributed by atoms with Gasteiger partial charge in [-0.05, 0) is 31.0 Å². The van der Waals surface area contributed by atoms with Gasteiger partial charge in [0.1, 0.15) is 13.2 Å². The van der Waals surface area contributed by atoms with Crippen LogP contribution in [0.4, 0.5) is 13.2 Å². The van der Waals surface area contributed by atoms with E-state index in [2.05, 4.69) is 15.6 Å². The van der Waals surface area contributed by atoms with Crippen LogP contribution in [0.25, 0.3) is 0 Å². The van der Waals surface area contributed by atoms with Crippen LogP contribution in [0.2, 0.25) is 5.02 Å². The van der Waals surface area contributed by atoms with Crippen LogP contribution in [0.3, 0.4) is 0 Å². The molecule has 0 fully saturated rings. The Balaban J connectivity index is 1.89. The van der Waals surface area contributed by atoms with Crippen molar-refractivity contribution in [1.29, 1.82) is 0 Å². The van der Waals surface area contributed by atoms with Crippen molar-refractivity contribution in [1.82, 2.24) is 10.6 Å². The molecule has 1 heterocycles. The zero-order valence-corrected chi connectivity index (χ0v) is 14.6. The van der Waals surface area contributed by atoms with Crippen LogP contribution in [-0.4, -0.2) is 45.0 Å². The Kier molecular flexibility index (Phi) is 7.04. The van der Waals surface area contributed by atoms with Crippen molar-refractivity contribution >= 4 is 17.6 Å². The molecule has 1 aromatic rings. The van der Waals surface area contributed by atoms with Crippen molar-refractivity contribution < 1.29 is 22.6 Å². The minimum atomic E-state index is -4.21. The maximum Gasteiger partial charge on any atom is 0.390 e. The Hall–Kier alpha value is -1.83. The highest BCUT2D eigenvalue weighted by atomic mass is 35.5. The molecule has 25 heavy (non-hydrogen) atoms. The molecule has 0 spiro atoms. The molecule has 1 aromatic carbocycles. The summed E-state index contributed by atoms with van der Waals surface area (Å²) in [6.07, 6.45) is -4.54. The quantitative estimate of drug-likeness (QED) is 0.589. The summed E-state index contributed by atoms with van der Waals surface area (Å²) in [5.41, 5.74) is 0.938. The number of nitrogens with one attached hydrogen (secondary N) is 2. The van der Waals surface area contributed by atoms with Crippen LogP contribution in [0.5, 0.6) is 11.5 Å². The van der Waals surface area contributed by atoms with Gasteiger partial charge in [-0.2, -0.15) is 13.2 Å². The first-order chi connectivity index (χ1) is 11.9. The van der Waals surface area contributed by atoms with E-state index >= 15 is 0 Å². The van der Waals surface area contributed by atoms with E-state index < -0.39 is 12.6 Å². The Bertz CT molecular complexity index is 609. The lowest BCUT2D eigenvalue weighted by atomic mass is 10.1. The van der Waals surface area contributed by atoms with E-state index in [0.29, 0.717) is 55.2 Å². The van der Waals surface area contributed by atoms with E-state index in [4.69, 9.17) is 21.1 Å². The molecule has 9 heteroatoms. The van der Waals surface area contributed by atoms with Gasteiger partial charge >= 0.3 is 6.18 Å². The summed E-state index contributed by atoms with van der Waals surface area (Å²) in [5, 5.41) is 6.41. The first kappa shape index (κ1) is 19.5. The largest absolute Gasteiger partial charge is 0.486 e. The van der Waals surface area contributed by atoms with Crippen molar-refractivity contribution in [3.05, 3.63) is 22.7 Å². The van der Waals surface area contributed by atoms with Crippen LogP contribution < -0.4 is 20.1 Å². The van der Waals surface area contributed by atoms with Crippen molar-refractivity contribution in [2.24, 2.45) is 4.99 Å². The highest BCUT2D eigenvalue weighted by molar-refractivity contribution is 6.32. The fraction of sp³-hybridized carbons (Fsp3) is 0.562. The zero-order chi connectivity index (χ0) is 18.3. The summed E-state index contributed by atoms with van der Waals surface area (Å²) >= 11 is 6.18. The summed E-state index contributed by atoms with van der Waals surface area (Å²) in [4.78, 5) is 3.92. The molecule has 1 aliphatic heterocycles. The molecule has 0 saturated carbocycles. The number of aliphatic imine (C=N–C) groups is 1. The number of guanidine groups is 1. The van der Waals surface area contributed by atoms with Gasteiger partial charge in [-0.3, -0.25) is 4.99 Å². The minimum absolute atomic E-state index is 0.311. The number of alkyl halides is 3. The highest BCUT2D eigenvalue weighted by Crippen LogP contribution is 2.38. The van der Waals surface area contributed by atoms with Crippen LogP contribution in [0.1, 0.15) is 18.9 Å². The lowest BCUT2D eigenvalue weighted by Crippen LogP contribution is -2.38. The van der Waals surface area contributed by atoms with Gasteiger partial charge in [-0.25, -0.2) is 0 Å². The van der Waals surface area contributed by atoms with Gasteiger partial charge in [0.05, 0.1) is 18.0 Å². The topological polar surface area (TPSA) is 54.9 Å². The van der Waals surface area contributed by atoms with Gasteiger partial charge < -0.3 is 20.1 Å². The Morgan fingerprint density at radius 2 is 2.00 bits per heavy atom. The normalized spacial score (nSPS) is 14.4. The first-order valence-electron chi connectivity index (χ1n) is 8.06. The SMILES string of the molecule is CCNC(=NCCC(F)(F)F)NCCc1cc(Cl)c2c(c1)OCCO2. The average Bonchev–Trinajstić information content (AvgIpc) is 2.54. The van der Waals surface area contributed by atoms with Crippen LogP contribution in [0.15, 0.2) is 17.1 Å². The molecule has 0 unspecified atom stereocenters. The van der Waals surface area contributed by atoms with Gasteiger partial charge in [0.2, 0.25) is 0 Å². The summed E-state index contributed by atoms with van der Waals surface area (Å²) in [7, 11) is 0. The van der Waals surface area contributed by atoms with Gasteiger partial charge in [0, 0.05) is 13.1 Å². The predicted octanol–water partition coefficient (Wildman–Crippen LogP) is 3.16. The van der Waals surface area contributed by atoms with E-state index in [0.717, 1.165) is 5.56 Å². The van der Waals surface area contributed by atoms with Crippen LogP contribution in [-0.2, 0) is 6.42 Å². The Morgan fingerprint density at radius 1 is 1.24 bits per heavy atom. The summed E-state index contributed by atoms with van der Waals surface area (Å²) in [6.45, 7) is 3.54. The molecule has 0 bridgehead atoms. The lowest BCUT2D eigenvalue weighted by Gasteiger charge is -2.20.